The van der Waals surface area contributed by atoms with E-state index in [2.05, 4.69) is 0 Å². The summed E-state index contributed by atoms with van der Waals surface area (Å²) in [7, 11) is 0. The maximum atomic E-state index is 13.3. The number of hydrogen-bond acceptors (Lipinski definition) is 1. The summed E-state index contributed by atoms with van der Waals surface area (Å²) in [4.78, 5) is 0. The van der Waals surface area contributed by atoms with Crippen LogP contribution in [0.15, 0.2) is 18.2 Å². The zero-order valence-corrected chi connectivity index (χ0v) is 11.5. The van der Waals surface area contributed by atoms with Crippen molar-refractivity contribution >= 4 is 0 Å². The second-order valence-corrected chi connectivity index (χ2v) is 7.12. The molecule has 1 aromatic carbocycles. The summed E-state index contributed by atoms with van der Waals surface area (Å²) < 4.78 is 26.6. The van der Waals surface area contributed by atoms with Gasteiger partial charge in [-0.2, -0.15) is 0 Å². The van der Waals surface area contributed by atoms with E-state index in [-0.39, 0.29) is 0 Å². The minimum atomic E-state index is -0.740. The van der Waals surface area contributed by atoms with Crippen molar-refractivity contribution in [3.05, 3.63) is 35.4 Å². The molecule has 0 heterocycles. The van der Waals surface area contributed by atoms with Crippen LogP contribution in [-0.2, 0) is 6.42 Å². The first kappa shape index (κ1) is 12.8. The van der Waals surface area contributed by atoms with Crippen LogP contribution in [0.1, 0.15) is 37.7 Å². The monoisotopic (exact) mass is 278 g/mol. The summed E-state index contributed by atoms with van der Waals surface area (Å²) in [5, 5.41) is 11.0. The normalized spacial score (nSPS) is 42.1. The molecule has 3 fully saturated rings. The van der Waals surface area contributed by atoms with Gasteiger partial charge in [0.05, 0.1) is 5.60 Å². The van der Waals surface area contributed by atoms with Crippen LogP contribution >= 0.6 is 0 Å². The molecule has 20 heavy (non-hydrogen) atoms. The average molecular weight is 278 g/mol. The molecule has 0 aromatic heterocycles. The quantitative estimate of drug-likeness (QED) is 0.874. The molecule has 1 nitrogen and oxygen atoms in total. The van der Waals surface area contributed by atoms with Crippen LogP contribution in [-0.4, -0.2) is 10.7 Å². The van der Waals surface area contributed by atoms with E-state index in [4.69, 9.17) is 0 Å². The van der Waals surface area contributed by atoms with Gasteiger partial charge in [-0.15, -0.1) is 0 Å². The van der Waals surface area contributed by atoms with E-state index in [1.165, 1.54) is 31.4 Å². The zero-order chi connectivity index (χ0) is 13.9. The van der Waals surface area contributed by atoms with Crippen molar-refractivity contribution in [3.63, 3.8) is 0 Å². The van der Waals surface area contributed by atoms with E-state index in [1.54, 1.807) is 0 Å². The highest BCUT2D eigenvalue weighted by atomic mass is 19.1. The predicted octanol–water partition coefficient (Wildman–Crippen LogP) is 3.69. The van der Waals surface area contributed by atoms with Crippen LogP contribution in [0.4, 0.5) is 8.78 Å². The van der Waals surface area contributed by atoms with Gasteiger partial charge in [0.2, 0.25) is 0 Å². The maximum Gasteiger partial charge on any atom is 0.126 e. The van der Waals surface area contributed by atoms with Crippen LogP contribution in [0.2, 0.25) is 0 Å². The van der Waals surface area contributed by atoms with Crippen LogP contribution < -0.4 is 0 Å². The largest absolute Gasteiger partial charge is 0.389 e. The van der Waals surface area contributed by atoms with Gasteiger partial charge >= 0.3 is 0 Å². The van der Waals surface area contributed by atoms with E-state index in [0.717, 1.165) is 24.8 Å². The molecule has 3 heteroatoms. The van der Waals surface area contributed by atoms with Crippen molar-refractivity contribution < 1.29 is 13.9 Å². The molecule has 1 aromatic rings. The molecule has 5 unspecified atom stereocenters. The van der Waals surface area contributed by atoms with Gasteiger partial charge in [-0.1, -0.05) is 6.42 Å². The standard InChI is InChI=1S/C17H20F2O/c18-12-4-10(5-13(19)7-12)8-17(20)9-11-6-16(17)15-3-1-2-14(11)15/h4-5,7,11,14-16,20H,1-3,6,8-9H2. The third kappa shape index (κ3) is 1.82. The number of benzene rings is 1. The summed E-state index contributed by atoms with van der Waals surface area (Å²) in [6, 6.07) is 3.61. The predicted molar refractivity (Wildman–Crippen MR) is 72.1 cm³/mol. The third-order valence-corrected chi connectivity index (χ3v) is 6.04. The summed E-state index contributed by atoms with van der Waals surface area (Å²) in [6.45, 7) is 0. The van der Waals surface area contributed by atoms with Gasteiger partial charge in [0.1, 0.15) is 11.6 Å². The minimum absolute atomic E-state index is 0.339. The Bertz CT molecular complexity index is 524. The van der Waals surface area contributed by atoms with Gasteiger partial charge in [0.15, 0.2) is 0 Å². The molecule has 3 saturated carbocycles. The smallest absolute Gasteiger partial charge is 0.126 e. The first-order valence-electron chi connectivity index (χ1n) is 7.72. The van der Waals surface area contributed by atoms with Gasteiger partial charge in [-0.3, -0.25) is 0 Å². The van der Waals surface area contributed by atoms with Gasteiger partial charge in [0.25, 0.3) is 0 Å². The van der Waals surface area contributed by atoms with Crippen LogP contribution in [0.5, 0.6) is 0 Å². The van der Waals surface area contributed by atoms with E-state index in [0.29, 0.717) is 29.7 Å². The number of aliphatic hydroxyl groups is 1. The lowest BCUT2D eigenvalue weighted by atomic mass is 9.71. The second kappa shape index (κ2) is 4.27. The van der Waals surface area contributed by atoms with Crippen LogP contribution in [0.3, 0.4) is 0 Å². The van der Waals surface area contributed by atoms with Crippen molar-refractivity contribution in [3.8, 4) is 0 Å². The van der Waals surface area contributed by atoms with Gasteiger partial charge in [0, 0.05) is 12.5 Å². The lowest BCUT2D eigenvalue weighted by molar-refractivity contribution is -0.0451. The molecule has 3 aliphatic carbocycles. The second-order valence-electron chi connectivity index (χ2n) is 7.12. The lowest BCUT2D eigenvalue weighted by Crippen LogP contribution is -2.43. The van der Waals surface area contributed by atoms with E-state index in [1.807, 2.05) is 0 Å². The average Bonchev–Trinajstić information content (AvgIpc) is 2.97. The zero-order valence-electron chi connectivity index (χ0n) is 11.5. The summed E-state index contributed by atoms with van der Waals surface area (Å²) in [5.41, 5.74) is -0.150. The molecule has 0 spiro atoms. The number of rotatable bonds is 2. The highest BCUT2D eigenvalue weighted by Crippen LogP contribution is 2.62. The molecule has 3 aliphatic rings. The molecule has 5 atom stereocenters. The van der Waals surface area contributed by atoms with E-state index >= 15 is 0 Å². The fourth-order valence-corrected chi connectivity index (χ4v) is 5.51. The van der Waals surface area contributed by atoms with E-state index < -0.39 is 17.2 Å². The Labute approximate surface area is 118 Å². The Hall–Kier alpha value is -0.960. The molecule has 0 amide bonds. The molecule has 108 valence electrons. The SMILES string of the molecule is OC1(Cc2cc(F)cc(F)c2)CC2CC1C1CCCC21. The molecule has 0 radical (unpaired) electrons. The molecular weight excluding hydrogens is 258 g/mol. The Balaban J connectivity index is 1.59. The van der Waals surface area contributed by atoms with Crippen molar-refractivity contribution in [1.29, 1.82) is 0 Å². The fourth-order valence-electron chi connectivity index (χ4n) is 5.51. The lowest BCUT2D eigenvalue weighted by Gasteiger charge is -2.39. The van der Waals surface area contributed by atoms with Crippen molar-refractivity contribution in [2.75, 3.05) is 0 Å². The Morgan fingerprint density at radius 2 is 1.80 bits per heavy atom. The molecule has 0 aliphatic heterocycles. The minimum Gasteiger partial charge on any atom is -0.389 e. The molecule has 0 saturated heterocycles. The van der Waals surface area contributed by atoms with Crippen LogP contribution in [0, 0.1) is 35.3 Å². The first-order chi connectivity index (χ1) is 9.55. The number of fused-ring (bicyclic) bond motifs is 5. The summed E-state index contributed by atoms with van der Waals surface area (Å²) in [5.74, 6) is 1.33. The van der Waals surface area contributed by atoms with Crippen molar-refractivity contribution in [2.45, 2.75) is 44.1 Å². The number of hydrogen-bond donors (Lipinski definition) is 1. The van der Waals surface area contributed by atoms with Gasteiger partial charge < -0.3 is 5.11 Å². The maximum absolute atomic E-state index is 13.3. The fraction of sp³-hybridized carbons (Fsp3) is 0.647. The topological polar surface area (TPSA) is 20.2 Å². The van der Waals surface area contributed by atoms with Crippen molar-refractivity contribution in [1.82, 2.24) is 0 Å². The van der Waals surface area contributed by atoms with Crippen LogP contribution in [0.25, 0.3) is 0 Å². The molecule has 4 rings (SSSR count). The Morgan fingerprint density at radius 3 is 2.55 bits per heavy atom. The Morgan fingerprint density at radius 1 is 1.10 bits per heavy atom. The van der Waals surface area contributed by atoms with Gasteiger partial charge in [-0.25, -0.2) is 8.78 Å². The van der Waals surface area contributed by atoms with Gasteiger partial charge in [-0.05, 0) is 67.1 Å². The first-order valence-corrected chi connectivity index (χ1v) is 7.72. The molecule has 1 N–H and O–H groups in total. The van der Waals surface area contributed by atoms with Crippen molar-refractivity contribution in [2.24, 2.45) is 23.7 Å². The Kier molecular flexibility index (Phi) is 2.72. The highest BCUT2D eigenvalue weighted by molar-refractivity contribution is 5.22. The molecular formula is C17H20F2O. The summed E-state index contributed by atoms with van der Waals surface area (Å²) in [6.07, 6.45) is 6.15. The third-order valence-electron chi connectivity index (χ3n) is 6.04. The number of halogens is 2. The highest BCUT2D eigenvalue weighted by Gasteiger charge is 2.60. The summed E-state index contributed by atoms with van der Waals surface area (Å²) >= 11 is 0. The molecule has 2 bridgehead atoms. The van der Waals surface area contributed by atoms with E-state index in [9.17, 15) is 13.9 Å².